The van der Waals surface area contributed by atoms with Crippen LogP contribution in [0.3, 0.4) is 0 Å². The molecule has 0 bridgehead atoms. The lowest BCUT2D eigenvalue weighted by Gasteiger charge is -2.32. The number of nitrogens with one attached hydrogen (secondary N) is 1. The fourth-order valence-corrected chi connectivity index (χ4v) is 3.56. The van der Waals surface area contributed by atoms with E-state index in [4.69, 9.17) is 0 Å². The van der Waals surface area contributed by atoms with Gasteiger partial charge in [-0.1, -0.05) is 0 Å². The van der Waals surface area contributed by atoms with Crippen molar-refractivity contribution >= 4 is 11.0 Å². The summed E-state index contributed by atoms with van der Waals surface area (Å²) in [7, 11) is 0. The number of aromatic nitrogens is 2. The molecule has 3 nitrogen and oxygen atoms in total. The topological polar surface area (TPSA) is 31.9 Å². The van der Waals surface area contributed by atoms with Crippen LogP contribution < -0.4 is 0 Å². The van der Waals surface area contributed by atoms with Gasteiger partial charge in [-0.2, -0.15) is 0 Å². The molecule has 0 amide bonds. The second kappa shape index (κ2) is 6.32. The Bertz CT molecular complexity index is 826. The Morgan fingerprint density at radius 3 is 3.00 bits per heavy atom. The number of likely N-dealkylation sites (tertiary alicyclic amines) is 1. The summed E-state index contributed by atoms with van der Waals surface area (Å²) >= 11 is 0. The summed E-state index contributed by atoms with van der Waals surface area (Å²) < 4.78 is 27.2. The van der Waals surface area contributed by atoms with E-state index in [1.807, 2.05) is 12.1 Å². The Hall–Kier alpha value is -2.27. The molecule has 1 aliphatic rings. The number of fused-ring (bicyclic) bond motifs is 1. The second-order valence-electron chi connectivity index (χ2n) is 6.48. The standard InChI is InChI=1S/C19H19F2N3/c20-16-5-6-17(21)15(9-16)12-24-8-2-4-14(11-24)18-10-13-3-1-7-22-19(13)23-18/h1,3,5-7,9-10,14H,2,4,8,11-12H2,(H,22,23). The van der Waals surface area contributed by atoms with Crippen LogP contribution in [0.2, 0.25) is 0 Å². The van der Waals surface area contributed by atoms with Crippen molar-refractivity contribution in [1.29, 1.82) is 0 Å². The number of rotatable bonds is 3. The lowest BCUT2D eigenvalue weighted by Crippen LogP contribution is -2.34. The summed E-state index contributed by atoms with van der Waals surface area (Å²) in [6.45, 7) is 2.19. The van der Waals surface area contributed by atoms with Crippen LogP contribution in [0.1, 0.15) is 30.0 Å². The molecule has 1 aromatic carbocycles. The zero-order chi connectivity index (χ0) is 16.5. The van der Waals surface area contributed by atoms with E-state index in [-0.39, 0.29) is 11.6 Å². The summed E-state index contributed by atoms with van der Waals surface area (Å²) in [5.41, 5.74) is 2.50. The molecule has 1 N–H and O–H groups in total. The van der Waals surface area contributed by atoms with Crippen LogP contribution in [-0.4, -0.2) is 28.0 Å². The number of pyridine rings is 1. The van der Waals surface area contributed by atoms with Crippen molar-refractivity contribution in [2.75, 3.05) is 13.1 Å². The van der Waals surface area contributed by atoms with E-state index in [1.54, 1.807) is 6.20 Å². The van der Waals surface area contributed by atoms with E-state index in [2.05, 4.69) is 20.9 Å². The molecule has 0 saturated carbocycles. The Labute approximate surface area is 139 Å². The van der Waals surface area contributed by atoms with Crippen LogP contribution in [0.25, 0.3) is 11.0 Å². The molecule has 1 saturated heterocycles. The van der Waals surface area contributed by atoms with Crippen LogP contribution in [-0.2, 0) is 6.54 Å². The normalized spacial score (nSPS) is 19.0. The minimum absolute atomic E-state index is 0.340. The molecule has 0 radical (unpaired) electrons. The summed E-state index contributed by atoms with van der Waals surface area (Å²) in [5, 5.41) is 1.11. The molecule has 1 fully saturated rings. The van der Waals surface area contributed by atoms with Crippen LogP contribution >= 0.6 is 0 Å². The largest absolute Gasteiger partial charge is 0.343 e. The van der Waals surface area contributed by atoms with Crippen molar-refractivity contribution in [3.05, 3.63) is 65.5 Å². The number of piperidine rings is 1. The molecule has 3 heterocycles. The molecule has 3 aromatic rings. The quantitative estimate of drug-likeness (QED) is 0.781. The molecule has 1 unspecified atom stereocenters. The zero-order valence-electron chi connectivity index (χ0n) is 13.3. The molecule has 124 valence electrons. The minimum Gasteiger partial charge on any atom is -0.343 e. The highest BCUT2D eigenvalue weighted by Gasteiger charge is 2.23. The molecule has 5 heteroatoms. The Balaban J connectivity index is 1.52. The summed E-state index contributed by atoms with van der Waals surface area (Å²) in [6, 6.07) is 9.79. The molecular weight excluding hydrogens is 308 g/mol. The molecule has 1 atom stereocenters. The lowest BCUT2D eigenvalue weighted by atomic mass is 9.94. The number of H-pyrrole nitrogens is 1. The van der Waals surface area contributed by atoms with Crippen LogP contribution in [0.5, 0.6) is 0 Å². The zero-order valence-corrected chi connectivity index (χ0v) is 13.3. The van der Waals surface area contributed by atoms with Crippen molar-refractivity contribution in [2.24, 2.45) is 0 Å². The molecule has 0 spiro atoms. The van der Waals surface area contributed by atoms with Gasteiger partial charge >= 0.3 is 0 Å². The first kappa shape index (κ1) is 15.3. The SMILES string of the molecule is Fc1ccc(F)c(CN2CCCC(c3cc4cccnc4[nH]3)C2)c1. The van der Waals surface area contributed by atoms with E-state index >= 15 is 0 Å². The van der Waals surface area contributed by atoms with Crippen molar-refractivity contribution < 1.29 is 8.78 Å². The Kier molecular flexibility index (Phi) is 4.02. The highest BCUT2D eigenvalue weighted by Crippen LogP contribution is 2.29. The second-order valence-corrected chi connectivity index (χ2v) is 6.48. The summed E-state index contributed by atoms with van der Waals surface area (Å²) in [6.07, 6.45) is 3.92. The predicted molar refractivity (Wildman–Crippen MR) is 89.7 cm³/mol. The van der Waals surface area contributed by atoms with Gasteiger partial charge in [-0.05, 0) is 55.8 Å². The van der Waals surface area contributed by atoms with Crippen LogP contribution in [0.15, 0.2) is 42.6 Å². The molecule has 2 aromatic heterocycles. The van der Waals surface area contributed by atoms with Gasteiger partial charge in [0.2, 0.25) is 0 Å². The highest BCUT2D eigenvalue weighted by molar-refractivity contribution is 5.76. The van der Waals surface area contributed by atoms with Gasteiger partial charge in [-0.25, -0.2) is 13.8 Å². The van der Waals surface area contributed by atoms with Gasteiger partial charge in [0.05, 0.1) is 0 Å². The monoisotopic (exact) mass is 327 g/mol. The van der Waals surface area contributed by atoms with E-state index in [0.717, 1.165) is 43.0 Å². The number of hydrogen-bond donors (Lipinski definition) is 1. The minimum atomic E-state index is -0.387. The van der Waals surface area contributed by atoms with Gasteiger partial charge in [0.25, 0.3) is 0 Å². The smallest absolute Gasteiger partial charge is 0.137 e. The first-order valence-corrected chi connectivity index (χ1v) is 8.29. The molecule has 24 heavy (non-hydrogen) atoms. The average Bonchev–Trinajstić information content (AvgIpc) is 3.03. The van der Waals surface area contributed by atoms with E-state index in [9.17, 15) is 8.78 Å². The van der Waals surface area contributed by atoms with Crippen molar-refractivity contribution in [3.8, 4) is 0 Å². The Morgan fingerprint density at radius 1 is 1.21 bits per heavy atom. The van der Waals surface area contributed by atoms with Gasteiger partial charge < -0.3 is 4.98 Å². The predicted octanol–water partition coefficient (Wildman–Crippen LogP) is 4.22. The van der Waals surface area contributed by atoms with Gasteiger partial charge in [0.15, 0.2) is 0 Å². The third-order valence-corrected chi connectivity index (χ3v) is 4.76. The maximum absolute atomic E-state index is 13.9. The van der Waals surface area contributed by atoms with Crippen molar-refractivity contribution in [1.82, 2.24) is 14.9 Å². The number of benzene rings is 1. The number of aromatic amines is 1. The van der Waals surface area contributed by atoms with E-state index in [1.165, 1.54) is 17.8 Å². The van der Waals surface area contributed by atoms with Crippen molar-refractivity contribution in [2.45, 2.75) is 25.3 Å². The van der Waals surface area contributed by atoms with E-state index < -0.39 is 0 Å². The van der Waals surface area contributed by atoms with Gasteiger partial charge in [0.1, 0.15) is 17.3 Å². The molecule has 1 aliphatic heterocycles. The summed E-state index contributed by atoms with van der Waals surface area (Å²) in [5.74, 6) is -0.362. The highest BCUT2D eigenvalue weighted by atomic mass is 19.1. The number of nitrogens with zero attached hydrogens (tertiary/aromatic N) is 2. The maximum Gasteiger partial charge on any atom is 0.137 e. The summed E-state index contributed by atoms with van der Waals surface area (Å²) in [4.78, 5) is 9.94. The van der Waals surface area contributed by atoms with Crippen LogP contribution in [0.4, 0.5) is 8.78 Å². The van der Waals surface area contributed by atoms with E-state index in [0.29, 0.717) is 18.0 Å². The fraction of sp³-hybridized carbons (Fsp3) is 0.316. The maximum atomic E-state index is 13.9. The van der Waals surface area contributed by atoms with Crippen LogP contribution in [0, 0.1) is 11.6 Å². The van der Waals surface area contributed by atoms with Gasteiger partial charge in [-0.15, -0.1) is 0 Å². The molecular formula is C19H19F2N3. The Morgan fingerprint density at radius 2 is 2.12 bits per heavy atom. The van der Waals surface area contributed by atoms with Gasteiger partial charge in [-0.3, -0.25) is 4.90 Å². The first-order chi connectivity index (χ1) is 11.7. The molecule has 0 aliphatic carbocycles. The third-order valence-electron chi connectivity index (χ3n) is 4.76. The fourth-order valence-electron chi connectivity index (χ4n) is 3.56. The number of halogens is 2. The number of hydrogen-bond acceptors (Lipinski definition) is 2. The average molecular weight is 327 g/mol. The van der Waals surface area contributed by atoms with Gasteiger partial charge in [0, 0.05) is 41.8 Å². The first-order valence-electron chi connectivity index (χ1n) is 8.29. The lowest BCUT2D eigenvalue weighted by molar-refractivity contribution is 0.196. The molecule has 4 rings (SSSR count). The van der Waals surface area contributed by atoms with Crippen molar-refractivity contribution in [3.63, 3.8) is 0 Å². The third kappa shape index (κ3) is 3.04.